The molecule has 1 heterocycles. The van der Waals surface area contributed by atoms with Crippen LogP contribution in [0.25, 0.3) is 0 Å². The number of aliphatic hydroxyl groups is 1. The van der Waals surface area contributed by atoms with Gasteiger partial charge >= 0.3 is 18.2 Å². The number of nitrogens with one attached hydrogen (secondary N) is 1. The third-order valence-electron chi connectivity index (χ3n) is 1.79. The number of nitrogens with zero attached hydrogens (tertiary/aromatic N) is 1. The molecule has 1 aliphatic heterocycles. The molecule has 9 heteroatoms. The molecule has 0 aromatic carbocycles. The van der Waals surface area contributed by atoms with Crippen LogP contribution in [0.2, 0.25) is 0 Å². The van der Waals surface area contributed by atoms with E-state index in [1.807, 2.05) is 0 Å². The average molecular weight is 226 g/mol. The Bertz CT molecular complexity index is 340. The van der Waals surface area contributed by atoms with Crippen LogP contribution >= 0.6 is 0 Å². The van der Waals surface area contributed by atoms with Crippen molar-refractivity contribution in [3.63, 3.8) is 0 Å². The van der Waals surface area contributed by atoms with E-state index in [0.29, 0.717) is 0 Å². The number of carbonyl (C=O) groups is 2. The quantitative estimate of drug-likeness (QED) is 0.573. The van der Waals surface area contributed by atoms with Gasteiger partial charge in [-0.15, -0.1) is 0 Å². The number of carboxylic acids is 1. The Morgan fingerprint density at radius 2 is 2.13 bits per heavy atom. The molecule has 0 radical (unpaired) electrons. The van der Waals surface area contributed by atoms with Crippen molar-refractivity contribution < 1.29 is 33.0 Å². The van der Waals surface area contributed by atoms with E-state index in [0.717, 1.165) is 5.32 Å². The topological polar surface area (TPSA) is 99.0 Å². The lowest BCUT2D eigenvalue weighted by Gasteiger charge is -2.35. The van der Waals surface area contributed by atoms with E-state index in [9.17, 15) is 22.8 Å². The molecule has 0 saturated heterocycles. The zero-order valence-corrected chi connectivity index (χ0v) is 6.95. The number of carbonyl (C=O) groups excluding carboxylic acids is 1. The molecule has 1 aliphatic rings. The number of alkyl halides is 3. The third kappa shape index (κ3) is 1.77. The number of aliphatic imine (C=N–C) groups is 1. The lowest BCUT2D eigenvalue weighted by atomic mass is 9.95. The van der Waals surface area contributed by atoms with Crippen molar-refractivity contribution in [2.45, 2.75) is 11.9 Å². The molecule has 0 aliphatic carbocycles. The summed E-state index contributed by atoms with van der Waals surface area (Å²) in [6.45, 7) is 0. The predicted octanol–water partition coefficient (Wildman–Crippen LogP) is -0.268. The molecule has 3 N–H and O–H groups in total. The second kappa shape index (κ2) is 3.19. The number of carboxylic acid groups (broad SMARTS) is 1. The van der Waals surface area contributed by atoms with Gasteiger partial charge in [0.05, 0.1) is 0 Å². The number of urea groups is 1. The van der Waals surface area contributed by atoms with E-state index in [2.05, 4.69) is 4.99 Å². The van der Waals surface area contributed by atoms with Crippen LogP contribution < -0.4 is 5.32 Å². The zero-order chi connectivity index (χ0) is 11.9. The highest BCUT2D eigenvalue weighted by molar-refractivity contribution is 5.98. The SMILES string of the molecule is O=C1N=CC(C(=O)O)C(O)(C(F)(F)F)N1. The summed E-state index contributed by atoms with van der Waals surface area (Å²) in [6, 6.07) is -1.45. The van der Waals surface area contributed by atoms with Gasteiger partial charge in [0.2, 0.25) is 0 Å². The van der Waals surface area contributed by atoms with Crippen molar-refractivity contribution in [2.24, 2.45) is 10.9 Å². The second-order valence-corrected chi connectivity index (χ2v) is 2.79. The van der Waals surface area contributed by atoms with Crippen LogP contribution in [-0.2, 0) is 4.79 Å². The predicted molar refractivity (Wildman–Crippen MR) is 39.2 cm³/mol. The van der Waals surface area contributed by atoms with Gasteiger partial charge in [-0.1, -0.05) is 0 Å². The standard InChI is InChI=1S/C6H5F3N2O4/c7-6(8,9)5(15)2(3(12)13)1-10-4(14)11-5/h1-2,15H,(H,11,14)(H,12,13). The van der Waals surface area contributed by atoms with E-state index in [4.69, 9.17) is 10.2 Å². The van der Waals surface area contributed by atoms with Crippen molar-refractivity contribution in [3.05, 3.63) is 0 Å². The first kappa shape index (κ1) is 11.4. The zero-order valence-electron chi connectivity index (χ0n) is 6.95. The molecule has 2 amide bonds. The lowest BCUT2D eigenvalue weighted by molar-refractivity contribution is -0.279. The van der Waals surface area contributed by atoms with Crippen molar-refractivity contribution in [3.8, 4) is 0 Å². The van der Waals surface area contributed by atoms with Gasteiger partial charge < -0.3 is 10.2 Å². The summed E-state index contributed by atoms with van der Waals surface area (Å²) in [4.78, 5) is 23.8. The van der Waals surface area contributed by atoms with Gasteiger partial charge in [-0.25, -0.2) is 9.79 Å². The minimum absolute atomic E-state index is 0.245. The van der Waals surface area contributed by atoms with Gasteiger partial charge in [0, 0.05) is 6.21 Å². The minimum Gasteiger partial charge on any atom is -0.481 e. The molecule has 0 fully saturated rings. The molecule has 6 nitrogen and oxygen atoms in total. The molecular weight excluding hydrogens is 221 g/mol. The largest absolute Gasteiger partial charge is 0.481 e. The Balaban J connectivity index is 3.19. The molecular formula is C6H5F3N2O4. The van der Waals surface area contributed by atoms with E-state index >= 15 is 0 Å². The number of hydrogen-bond donors (Lipinski definition) is 3. The molecule has 1 rings (SSSR count). The summed E-state index contributed by atoms with van der Waals surface area (Å²) >= 11 is 0. The first-order valence-corrected chi connectivity index (χ1v) is 3.56. The Morgan fingerprint density at radius 1 is 1.60 bits per heavy atom. The molecule has 0 spiro atoms. The number of halogens is 3. The smallest absolute Gasteiger partial charge is 0.437 e. The van der Waals surface area contributed by atoms with Gasteiger partial charge in [0.1, 0.15) is 5.92 Å². The van der Waals surface area contributed by atoms with Crippen LogP contribution in [0.15, 0.2) is 4.99 Å². The molecule has 2 unspecified atom stereocenters. The Morgan fingerprint density at radius 3 is 2.53 bits per heavy atom. The Labute approximate surface area is 80.4 Å². The minimum atomic E-state index is -5.31. The highest BCUT2D eigenvalue weighted by Crippen LogP contribution is 2.35. The fourth-order valence-corrected chi connectivity index (χ4v) is 1.01. The summed E-state index contributed by atoms with van der Waals surface area (Å²) in [5, 5.41) is 18.6. The third-order valence-corrected chi connectivity index (χ3v) is 1.79. The molecule has 0 aromatic heterocycles. The number of amides is 2. The maximum absolute atomic E-state index is 12.3. The maximum Gasteiger partial charge on any atom is 0.437 e. The van der Waals surface area contributed by atoms with Crippen LogP contribution in [0.4, 0.5) is 18.0 Å². The molecule has 0 bridgehead atoms. The molecule has 15 heavy (non-hydrogen) atoms. The van der Waals surface area contributed by atoms with Gasteiger partial charge in [0.25, 0.3) is 5.72 Å². The van der Waals surface area contributed by atoms with Crippen LogP contribution in [0.3, 0.4) is 0 Å². The van der Waals surface area contributed by atoms with Gasteiger partial charge in [-0.3, -0.25) is 10.1 Å². The molecule has 0 saturated carbocycles. The first-order valence-electron chi connectivity index (χ1n) is 3.56. The highest BCUT2D eigenvalue weighted by atomic mass is 19.4. The lowest BCUT2D eigenvalue weighted by Crippen LogP contribution is -2.66. The Kier molecular flexibility index (Phi) is 2.43. The summed E-state index contributed by atoms with van der Waals surface area (Å²) in [5.74, 6) is -4.31. The van der Waals surface area contributed by atoms with Crippen molar-refractivity contribution in [1.82, 2.24) is 5.32 Å². The number of aliphatic carboxylic acids is 1. The van der Waals surface area contributed by atoms with Crippen molar-refractivity contribution in [2.75, 3.05) is 0 Å². The van der Waals surface area contributed by atoms with Crippen LogP contribution in [-0.4, -0.2) is 40.3 Å². The molecule has 84 valence electrons. The summed E-state index contributed by atoms with van der Waals surface area (Å²) in [6.07, 6.45) is -5.06. The van der Waals surface area contributed by atoms with Gasteiger partial charge in [-0.2, -0.15) is 13.2 Å². The normalized spacial score (nSPS) is 31.2. The van der Waals surface area contributed by atoms with Crippen LogP contribution in [0.5, 0.6) is 0 Å². The van der Waals surface area contributed by atoms with E-state index in [-0.39, 0.29) is 6.21 Å². The van der Waals surface area contributed by atoms with Crippen molar-refractivity contribution in [1.29, 1.82) is 0 Å². The summed E-state index contributed by atoms with van der Waals surface area (Å²) in [7, 11) is 0. The first-order chi connectivity index (χ1) is 6.68. The Hall–Kier alpha value is -1.64. The van der Waals surface area contributed by atoms with Crippen molar-refractivity contribution >= 4 is 18.2 Å². The van der Waals surface area contributed by atoms with E-state index in [1.54, 1.807) is 0 Å². The fourth-order valence-electron chi connectivity index (χ4n) is 1.01. The summed E-state index contributed by atoms with van der Waals surface area (Å²) in [5.41, 5.74) is -3.82. The van der Waals surface area contributed by atoms with Gasteiger partial charge in [-0.05, 0) is 0 Å². The van der Waals surface area contributed by atoms with E-state index in [1.165, 1.54) is 0 Å². The average Bonchev–Trinajstić information content (AvgIpc) is 2.00. The molecule has 2 atom stereocenters. The fraction of sp³-hybridized carbons (Fsp3) is 0.500. The second-order valence-electron chi connectivity index (χ2n) is 2.79. The number of hydrogen-bond acceptors (Lipinski definition) is 3. The highest BCUT2D eigenvalue weighted by Gasteiger charge is 2.63. The molecule has 0 aromatic rings. The van der Waals surface area contributed by atoms with Crippen LogP contribution in [0.1, 0.15) is 0 Å². The summed E-state index contributed by atoms with van der Waals surface area (Å²) < 4.78 is 37.0. The maximum atomic E-state index is 12.3. The van der Waals surface area contributed by atoms with Crippen LogP contribution in [0, 0.1) is 5.92 Å². The number of rotatable bonds is 1. The van der Waals surface area contributed by atoms with E-state index < -0.39 is 29.8 Å². The van der Waals surface area contributed by atoms with Gasteiger partial charge in [0.15, 0.2) is 0 Å². The monoisotopic (exact) mass is 226 g/mol.